The second kappa shape index (κ2) is 6.65. The Hall–Kier alpha value is -1.69. The third-order valence-electron chi connectivity index (χ3n) is 3.32. The van der Waals surface area contributed by atoms with Gasteiger partial charge >= 0.3 is 6.61 Å². The van der Waals surface area contributed by atoms with Crippen molar-refractivity contribution in [2.75, 3.05) is 11.9 Å². The number of amides is 1. The molecule has 1 saturated heterocycles. The second-order valence-corrected chi connectivity index (χ2v) is 4.97. The summed E-state index contributed by atoms with van der Waals surface area (Å²) in [5.41, 5.74) is 0.472. The van der Waals surface area contributed by atoms with E-state index in [1.165, 1.54) is 12.1 Å². The van der Waals surface area contributed by atoms with Gasteiger partial charge in [-0.15, -0.1) is 0 Å². The molecule has 6 heteroatoms. The number of piperidine rings is 1. The van der Waals surface area contributed by atoms with Gasteiger partial charge in [0.15, 0.2) is 0 Å². The fourth-order valence-electron chi connectivity index (χ4n) is 2.36. The summed E-state index contributed by atoms with van der Waals surface area (Å²) in [5.74, 6) is -0.0880. The number of anilines is 1. The minimum absolute atomic E-state index is 0.0384. The largest absolute Gasteiger partial charge is 0.435 e. The van der Waals surface area contributed by atoms with Crippen LogP contribution in [0.1, 0.15) is 19.8 Å². The monoisotopic (exact) mass is 284 g/mol. The molecule has 0 aliphatic carbocycles. The van der Waals surface area contributed by atoms with E-state index in [2.05, 4.69) is 15.4 Å². The second-order valence-electron chi connectivity index (χ2n) is 4.97. The van der Waals surface area contributed by atoms with E-state index < -0.39 is 6.61 Å². The van der Waals surface area contributed by atoms with Gasteiger partial charge < -0.3 is 15.4 Å². The number of benzene rings is 1. The van der Waals surface area contributed by atoms with E-state index in [-0.39, 0.29) is 17.6 Å². The predicted molar refractivity (Wildman–Crippen MR) is 71.9 cm³/mol. The number of carbonyl (C=O) groups is 1. The van der Waals surface area contributed by atoms with E-state index >= 15 is 0 Å². The van der Waals surface area contributed by atoms with Crippen molar-refractivity contribution in [3.63, 3.8) is 0 Å². The molecule has 1 aromatic rings. The summed E-state index contributed by atoms with van der Waals surface area (Å²) in [4.78, 5) is 12.1. The molecule has 1 aliphatic rings. The molecule has 4 nitrogen and oxygen atoms in total. The molecule has 0 aromatic heterocycles. The molecule has 1 heterocycles. The van der Waals surface area contributed by atoms with Crippen molar-refractivity contribution in [3.05, 3.63) is 24.3 Å². The third-order valence-corrected chi connectivity index (χ3v) is 3.32. The van der Waals surface area contributed by atoms with Crippen LogP contribution in [-0.4, -0.2) is 25.1 Å². The first kappa shape index (κ1) is 14.7. The van der Waals surface area contributed by atoms with E-state index in [9.17, 15) is 13.6 Å². The van der Waals surface area contributed by atoms with Crippen LogP contribution >= 0.6 is 0 Å². The van der Waals surface area contributed by atoms with Crippen molar-refractivity contribution >= 4 is 11.6 Å². The summed E-state index contributed by atoms with van der Waals surface area (Å²) in [6.45, 7) is -0.0177. The number of hydrogen-bond acceptors (Lipinski definition) is 3. The molecule has 0 spiro atoms. The Labute approximate surface area is 116 Å². The Balaban J connectivity index is 1.96. The first-order chi connectivity index (χ1) is 9.54. The van der Waals surface area contributed by atoms with Gasteiger partial charge in [-0.05, 0) is 38.4 Å². The predicted octanol–water partition coefficient (Wildman–Crippen LogP) is 2.61. The number of rotatable bonds is 4. The van der Waals surface area contributed by atoms with Crippen molar-refractivity contribution in [2.24, 2.45) is 5.92 Å². The van der Waals surface area contributed by atoms with Crippen LogP contribution < -0.4 is 15.4 Å². The molecule has 0 bridgehead atoms. The molecule has 2 N–H and O–H groups in total. The quantitative estimate of drug-likeness (QED) is 0.893. The van der Waals surface area contributed by atoms with Crippen molar-refractivity contribution < 1.29 is 18.3 Å². The van der Waals surface area contributed by atoms with Gasteiger partial charge in [0.25, 0.3) is 0 Å². The van der Waals surface area contributed by atoms with Crippen LogP contribution in [0.5, 0.6) is 5.75 Å². The van der Waals surface area contributed by atoms with Gasteiger partial charge in [0, 0.05) is 23.7 Å². The van der Waals surface area contributed by atoms with Crippen molar-refractivity contribution in [1.29, 1.82) is 0 Å². The topological polar surface area (TPSA) is 50.4 Å². The smallest absolute Gasteiger partial charge is 0.387 e. The maximum absolute atomic E-state index is 12.1. The Morgan fingerprint density at radius 1 is 1.50 bits per heavy atom. The zero-order valence-corrected chi connectivity index (χ0v) is 11.2. The Kier molecular flexibility index (Phi) is 4.89. The van der Waals surface area contributed by atoms with Crippen LogP contribution in [0.3, 0.4) is 0 Å². The summed E-state index contributed by atoms with van der Waals surface area (Å²) in [5, 5.41) is 6.03. The van der Waals surface area contributed by atoms with Gasteiger partial charge in [-0.2, -0.15) is 8.78 Å². The SMILES string of the molecule is C[C@H]1C[C@@H](C(=O)Nc2cccc(OC(F)F)c2)CCN1. The molecule has 20 heavy (non-hydrogen) atoms. The molecule has 2 rings (SSSR count). The Morgan fingerprint density at radius 2 is 2.30 bits per heavy atom. The van der Waals surface area contributed by atoms with Gasteiger partial charge in [0.2, 0.25) is 5.91 Å². The van der Waals surface area contributed by atoms with Gasteiger partial charge in [0.1, 0.15) is 5.75 Å². The lowest BCUT2D eigenvalue weighted by Gasteiger charge is -2.27. The molecule has 1 fully saturated rings. The number of carbonyl (C=O) groups excluding carboxylic acids is 1. The molecule has 1 amide bonds. The molecule has 1 aromatic carbocycles. The van der Waals surface area contributed by atoms with Crippen LogP contribution in [0.15, 0.2) is 24.3 Å². The highest BCUT2D eigenvalue weighted by molar-refractivity contribution is 5.92. The van der Waals surface area contributed by atoms with Crippen LogP contribution in [-0.2, 0) is 4.79 Å². The highest BCUT2D eigenvalue weighted by Gasteiger charge is 2.24. The van der Waals surface area contributed by atoms with Crippen LogP contribution in [0.2, 0.25) is 0 Å². The fraction of sp³-hybridized carbons (Fsp3) is 0.500. The summed E-state index contributed by atoms with van der Waals surface area (Å²) < 4.78 is 28.6. The van der Waals surface area contributed by atoms with E-state index in [0.29, 0.717) is 11.7 Å². The molecule has 110 valence electrons. The molecular formula is C14H18F2N2O2. The normalized spacial score (nSPS) is 22.6. The van der Waals surface area contributed by atoms with Gasteiger partial charge in [-0.3, -0.25) is 4.79 Å². The first-order valence-electron chi connectivity index (χ1n) is 6.63. The highest BCUT2D eigenvalue weighted by Crippen LogP contribution is 2.22. The number of alkyl halides is 2. The van der Waals surface area contributed by atoms with E-state index in [1.807, 2.05) is 6.92 Å². The zero-order chi connectivity index (χ0) is 14.5. The summed E-state index contributed by atoms with van der Waals surface area (Å²) in [6.07, 6.45) is 1.56. The lowest BCUT2D eigenvalue weighted by atomic mass is 9.92. The molecule has 0 saturated carbocycles. The summed E-state index contributed by atoms with van der Waals surface area (Å²) >= 11 is 0. The lowest BCUT2D eigenvalue weighted by Crippen LogP contribution is -2.40. The highest BCUT2D eigenvalue weighted by atomic mass is 19.3. The van der Waals surface area contributed by atoms with Crippen LogP contribution in [0, 0.1) is 5.92 Å². The minimum atomic E-state index is -2.87. The van der Waals surface area contributed by atoms with Gasteiger partial charge in [-0.25, -0.2) is 0 Å². The number of halogens is 2. The maximum Gasteiger partial charge on any atom is 0.387 e. The van der Waals surface area contributed by atoms with Gasteiger partial charge in [0.05, 0.1) is 0 Å². The molecule has 2 atom stereocenters. The maximum atomic E-state index is 12.1. The van der Waals surface area contributed by atoms with Crippen molar-refractivity contribution in [1.82, 2.24) is 5.32 Å². The van der Waals surface area contributed by atoms with Gasteiger partial charge in [-0.1, -0.05) is 6.07 Å². The third kappa shape index (κ3) is 4.16. The molecule has 1 aliphatic heterocycles. The zero-order valence-electron chi connectivity index (χ0n) is 11.2. The minimum Gasteiger partial charge on any atom is -0.435 e. The van der Waals surface area contributed by atoms with E-state index in [0.717, 1.165) is 19.4 Å². The Bertz CT molecular complexity index is 468. The van der Waals surface area contributed by atoms with E-state index in [4.69, 9.17) is 0 Å². The number of nitrogens with one attached hydrogen (secondary N) is 2. The molecule has 0 radical (unpaired) electrons. The van der Waals surface area contributed by atoms with Crippen molar-refractivity contribution in [3.8, 4) is 5.75 Å². The Morgan fingerprint density at radius 3 is 3.00 bits per heavy atom. The van der Waals surface area contributed by atoms with E-state index in [1.54, 1.807) is 12.1 Å². The molecular weight excluding hydrogens is 266 g/mol. The van der Waals surface area contributed by atoms with Crippen LogP contribution in [0.25, 0.3) is 0 Å². The summed E-state index contributed by atoms with van der Waals surface area (Å²) in [6, 6.07) is 6.36. The molecule has 0 unspecified atom stereocenters. The number of ether oxygens (including phenoxy) is 1. The fourth-order valence-corrected chi connectivity index (χ4v) is 2.36. The number of hydrogen-bond donors (Lipinski definition) is 2. The standard InChI is InChI=1S/C14H18F2N2O2/c1-9-7-10(5-6-17-9)13(19)18-11-3-2-4-12(8-11)20-14(15)16/h2-4,8-10,14,17H,5-7H2,1H3,(H,18,19)/t9-,10-/m0/s1. The first-order valence-corrected chi connectivity index (χ1v) is 6.63. The summed E-state index contributed by atoms with van der Waals surface area (Å²) in [7, 11) is 0. The van der Waals surface area contributed by atoms with Crippen molar-refractivity contribution in [2.45, 2.75) is 32.4 Å². The average Bonchev–Trinajstić information content (AvgIpc) is 2.38. The average molecular weight is 284 g/mol. The lowest BCUT2D eigenvalue weighted by molar-refractivity contribution is -0.120. The van der Waals surface area contributed by atoms with Crippen LogP contribution in [0.4, 0.5) is 14.5 Å².